The minimum atomic E-state index is 0.784. The van der Waals surface area contributed by atoms with Gasteiger partial charge in [0.15, 0.2) is 0 Å². The van der Waals surface area contributed by atoms with Crippen LogP contribution in [0.2, 0.25) is 0 Å². The van der Waals surface area contributed by atoms with Crippen molar-refractivity contribution in [1.29, 1.82) is 0 Å². The predicted octanol–water partition coefficient (Wildman–Crippen LogP) is 2.58. The highest BCUT2D eigenvalue weighted by Gasteiger charge is 2.41. The number of hydrogen-bond acceptors (Lipinski definition) is 3. The van der Waals surface area contributed by atoms with Gasteiger partial charge in [-0.25, -0.2) is 0 Å². The molecule has 2 fully saturated rings. The largest absolute Gasteiger partial charge is 0.295 e. The van der Waals surface area contributed by atoms with E-state index in [0.29, 0.717) is 0 Å². The maximum atomic E-state index is 3.86. The molecule has 0 radical (unpaired) electrons. The molecule has 3 rings (SSSR count). The summed E-state index contributed by atoms with van der Waals surface area (Å²) in [6.45, 7) is 8.59. The monoisotopic (exact) mass is 248 g/mol. The predicted molar refractivity (Wildman–Crippen MR) is 73.3 cm³/mol. The van der Waals surface area contributed by atoms with Gasteiger partial charge in [-0.1, -0.05) is 6.08 Å². The van der Waals surface area contributed by atoms with Gasteiger partial charge in [0, 0.05) is 38.3 Å². The summed E-state index contributed by atoms with van der Waals surface area (Å²) in [6, 6.07) is 3.83. The molecule has 0 amide bonds. The van der Waals surface area contributed by atoms with E-state index in [0.717, 1.165) is 25.2 Å². The molecule has 2 saturated heterocycles. The zero-order chi connectivity index (χ0) is 11.7. The Hall–Kier alpha value is -0.640. The zero-order valence-electron chi connectivity index (χ0n) is 10.2. The lowest BCUT2D eigenvalue weighted by molar-refractivity contribution is 0.226. The van der Waals surface area contributed by atoms with Crippen molar-refractivity contribution >= 4 is 11.3 Å². The van der Waals surface area contributed by atoms with Crippen LogP contribution in [0.25, 0.3) is 0 Å². The Bertz CT molecular complexity index is 374. The van der Waals surface area contributed by atoms with Gasteiger partial charge in [-0.15, -0.1) is 6.58 Å². The van der Waals surface area contributed by atoms with Crippen LogP contribution < -0.4 is 0 Å². The lowest BCUT2D eigenvalue weighted by Crippen LogP contribution is -2.36. The van der Waals surface area contributed by atoms with E-state index in [-0.39, 0.29) is 0 Å². The first kappa shape index (κ1) is 11.5. The summed E-state index contributed by atoms with van der Waals surface area (Å²) in [7, 11) is 0. The van der Waals surface area contributed by atoms with Crippen LogP contribution in [0.3, 0.4) is 0 Å². The minimum absolute atomic E-state index is 0.784. The van der Waals surface area contributed by atoms with Crippen LogP contribution in [-0.4, -0.2) is 41.5 Å². The topological polar surface area (TPSA) is 6.48 Å². The molecule has 3 heterocycles. The normalized spacial score (nSPS) is 29.6. The maximum Gasteiger partial charge on any atom is 0.0267 e. The molecular weight excluding hydrogens is 228 g/mol. The van der Waals surface area contributed by atoms with Gasteiger partial charge < -0.3 is 0 Å². The molecule has 1 aromatic heterocycles. The smallest absolute Gasteiger partial charge is 0.0267 e. The molecule has 0 N–H and O–H groups in total. The van der Waals surface area contributed by atoms with Crippen molar-refractivity contribution in [2.24, 2.45) is 0 Å². The standard InChI is InChI=1S/C14H20N2S/c1-2-6-15-7-3-14-13(15)4-8-16(14)10-12-5-9-17-11-12/h2,5,9,11,13-14H,1,3-4,6-8,10H2/t13-,14+/m0/s1. The van der Waals surface area contributed by atoms with Crippen LogP contribution in [0.5, 0.6) is 0 Å². The van der Waals surface area contributed by atoms with Gasteiger partial charge in [0.1, 0.15) is 0 Å². The fourth-order valence-corrected chi connectivity index (χ4v) is 4.03. The first-order chi connectivity index (χ1) is 8.38. The molecule has 2 aliphatic heterocycles. The molecule has 0 unspecified atom stereocenters. The van der Waals surface area contributed by atoms with Gasteiger partial charge in [0.05, 0.1) is 0 Å². The van der Waals surface area contributed by atoms with Crippen LogP contribution in [0.1, 0.15) is 18.4 Å². The van der Waals surface area contributed by atoms with E-state index >= 15 is 0 Å². The summed E-state index contributed by atoms with van der Waals surface area (Å²) < 4.78 is 0. The van der Waals surface area contributed by atoms with Crippen LogP contribution in [0.4, 0.5) is 0 Å². The number of thiophene rings is 1. The van der Waals surface area contributed by atoms with Gasteiger partial charge in [0.2, 0.25) is 0 Å². The van der Waals surface area contributed by atoms with E-state index in [9.17, 15) is 0 Å². The number of fused-ring (bicyclic) bond motifs is 1. The van der Waals surface area contributed by atoms with E-state index in [2.05, 4.69) is 33.2 Å². The fourth-order valence-electron chi connectivity index (χ4n) is 3.37. The molecule has 92 valence electrons. The van der Waals surface area contributed by atoms with E-state index in [1.165, 1.54) is 31.5 Å². The molecule has 0 bridgehead atoms. The molecule has 17 heavy (non-hydrogen) atoms. The van der Waals surface area contributed by atoms with Crippen LogP contribution in [0, 0.1) is 0 Å². The molecule has 1 aromatic rings. The number of nitrogens with zero attached hydrogens (tertiary/aromatic N) is 2. The van der Waals surface area contributed by atoms with E-state index in [4.69, 9.17) is 0 Å². The van der Waals surface area contributed by atoms with Gasteiger partial charge >= 0.3 is 0 Å². The molecule has 2 atom stereocenters. The van der Waals surface area contributed by atoms with Gasteiger partial charge in [-0.3, -0.25) is 9.80 Å². The third-order valence-electron chi connectivity index (χ3n) is 4.14. The average Bonchev–Trinajstić information content (AvgIpc) is 3.00. The van der Waals surface area contributed by atoms with E-state index in [1.807, 2.05) is 6.08 Å². The molecule has 2 nitrogen and oxygen atoms in total. The summed E-state index contributed by atoms with van der Waals surface area (Å²) in [6.07, 6.45) is 4.72. The van der Waals surface area contributed by atoms with Gasteiger partial charge in [0.25, 0.3) is 0 Å². The Morgan fingerprint density at radius 2 is 2.06 bits per heavy atom. The number of likely N-dealkylation sites (tertiary alicyclic amines) is 2. The summed E-state index contributed by atoms with van der Waals surface area (Å²) in [4.78, 5) is 5.28. The summed E-state index contributed by atoms with van der Waals surface area (Å²) in [5, 5.41) is 4.46. The quantitative estimate of drug-likeness (QED) is 0.756. The van der Waals surface area contributed by atoms with Gasteiger partial charge in [-0.05, 0) is 35.2 Å². The molecule has 0 spiro atoms. The van der Waals surface area contributed by atoms with Crippen molar-refractivity contribution in [3.05, 3.63) is 35.0 Å². The van der Waals surface area contributed by atoms with Crippen molar-refractivity contribution in [2.45, 2.75) is 31.5 Å². The number of hydrogen-bond donors (Lipinski definition) is 0. The highest BCUT2D eigenvalue weighted by molar-refractivity contribution is 7.07. The van der Waals surface area contributed by atoms with Crippen LogP contribution in [0.15, 0.2) is 29.5 Å². The second-order valence-corrected chi connectivity index (χ2v) is 5.88. The summed E-state index contributed by atoms with van der Waals surface area (Å²) in [5.41, 5.74) is 1.48. The average molecular weight is 248 g/mol. The fraction of sp³-hybridized carbons (Fsp3) is 0.571. The second kappa shape index (κ2) is 4.92. The molecule has 2 aliphatic rings. The third-order valence-corrected chi connectivity index (χ3v) is 4.87. The molecule has 3 heteroatoms. The lowest BCUT2D eigenvalue weighted by atomic mass is 10.1. The summed E-state index contributed by atoms with van der Waals surface area (Å²) in [5.74, 6) is 0. The van der Waals surface area contributed by atoms with Crippen molar-refractivity contribution < 1.29 is 0 Å². The van der Waals surface area contributed by atoms with Gasteiger partial charge in [-0.2, -0.15) is 11.3 Å². The minimum Gasteiger partial charge on any atom is -0.295 e. The zero-order valence-corrected chi connectivity index (χ0v) is 11.0. The number of rotatable bonds is 4. The highest BCUT2D eigenvalue weighted by Crippen LogP contribution is 2.32. The van der Waals surface area contributed by atoms with Crippen molar-refractivity contribution in [3.63, 3.8) is 0 Å². The Kier molecular flexibility index (Phi) is 3.32. The Morgan fingerprint density at radius 1 is 1.29 bits per heavy atom. The Balaban J connectivity index is 1.64. The SMILES string of the molecule is C=CCN1CC[C@@H]2[C@@H]1CCN2Cc1ccsc1. The molecule has 0 saturated carbocycles. The van der Waals surface area contributed by atoms with Crippen LogP contribution in [-0.2, 0) is 6.54 Å². The highest BCUT2D eigenvalue weighted by atomic mass is 32.1. The molecular formula is C14H20N2S. The second-order valence-electron chi connectivity index (χ2n) is 5.10. The first-order valence-corrected chi connectivity index (χ1v) is 7.43. The molecule has 0 aromatic carbocycles. The molecule has 0 aliphatic carbocycles. The maximum absolute atomic E-state index is 3.86. The van der Waals surface area contributed by atoms with E-state index < -0.39 is 0 Å². The van der Waals surface area contributed by atoms with Crippen LogP contribution >= 0.6 is 11.3 Å². The Labute approximate surface area is 108 Å². The first-order valence-electron chi connectivity index (χ1n) is 6.48. The Morgan fingerprint density at radius 3 is 2.76 bits per heavy atom. The van der Waals surface area contributed by atoms with E-state index in [1.54, 1.807) is 11.3 Å². The van der Waals surface area contributed by atoms with Crippen molar-refractivity contribution in [1.82, 2.24) is 9.80 Å². The third kappa shape index (κ3) is 2.19. The lowest BCUT2D eigenvalue weighted by Gasteiger charge is -2.24. The summed E-state index contributed by atoms with van der Waals surface area (Å²) >= 11 is 1.81. The van der Waals surface area contributed by atoms with Crippen molar-refractivity contribution in [2.75, 3.05) is 19.6 Å². The van der Waals surface area contributed by atoms with Crippen molar-refractivity contribution in [3.8, 4) is 0 Å².